The van der Waals surface area contributed by atoms with E-state index < -0.39 is 16.1 Å². The van der Waals surface area contributed by atoms with Gasteiger partial charge in [0.15, 0.2) is 0 Å². The summed E-state index contributed by atoms with van der Waals surface area (Å²) in [6.45, 7) is 27.9. The Morgan fingerprint density at radius 1 is 0.714 bits per heavy atom. The van der Waals surface area contributed by atoms with Gasteiger partial charge in [-0.05, 0) is 39.7 Å². The smallest absolute Gasteiger partial charge is 0.127 e. The topological polar surface area (TPSA) is 0 Å². The molecule has 0 amide bonds. The van der Waals surface area contributed by atoms with Gasteiger partial charge >= 0.3 is 0 Å². The monoisotopic (exact) mass is 410 g/mol. The Morgan fingerprint density at radius 3 is 1.57 bits per heavy atom. The van der Waals surface area contributed by atoms with Crippen LogP contribution in [-0.2, 0) is 5.41 Å². The Labute approximate surface area is 177 Å². The van der Waals surface area contributed by atoms with Crippen LogP contribution in [0.3, 0.4) is 0 Å². The SMILES string of the molecule is CC(C)[Si](C#Cc1cc(C(C)(C)C)ccc1C#C[Si](C)(C)C)(C(C)C)C(C)C. The molecule has 0 heterocycles. The van der Waals surface area contributed by atoms with Gasteiger partial charge in [0.1, 0.15) is 16.1 Å². The van der Waals surface area contributed by atoms with Gasteiger partial charge in [0.25, 0.3) is 0 Å². The molecule has 0 spiro atoms. The third-order valence-corrected chi connectivity index (χ3v) is 12.9. The van der Waals surface area contributed by atoms with Crippen molar-refractivity contribution in [3.8, 4) is 22.9 Å². The first-order valence-electron chi connectivity index (χ1n) is 10.8. The van der Waals surface area contributed by atoms with Crippen LogP contribution in [-0.4, -0.2) is 16.1 Å². The van der Waals surface area contributed by atoms with Crippen LogP contribution in [0.4, 0.5) is 0 Å². The quantitative estimate of drug-likeness (QED) is 0.352. The minimum absolute atomic E-state index is 0.115. The summed E-state index contributed by atoms with van der Waals surface area (Å²) in [6, 6.07) is 6.72. The van der Waals surface area contributed by atoms with Crippen molar-refractivity contribution in [2.24, 2.45) is 0 Å². The van der Waals surface area contributed by atoms with Crippen LogP contribution >= 0.6 is 0 Å². The number of hydrogen-bond acceptors (Lipinski definition) is 0. The van der Waals surface area contributed by atoms with E-state index in [4.69, 9.17) is 0 Å². The van der Waals surface area contributed by atoms with Crippen molar-refractivity contribution in [2.75, 3.05) is 0 Å². The maximum atomic E-state index is 3.90. The predicted octanol–water partition coefficient (Wildman–Crippen LogP) is 7.78. The summed E-state index contributed by atoms with van der Waals surface area (Å²) in [7, 11) is -3.18. The van der Waals surface area contributed by atoms with Gasteiger partial charge in [-0.1, -0.05) is 99.9 Å². The van der Waals surface area contributed by atoms with Gasteiger partial charge in [0.05, 0.1) is 0 Å². The van der Waals surface area contributed by atoms with Crippen LogP contribution in [0.5, 0.6) is 0 Å². The lowest BCUT2D eigenvalue weighted by atomic mass is 9.85. The maximum Gasteiger partial charge on any atom is 0.146 e. The van der Waals surface area contributed by atoms with Gasteiger partial charge in [0, 0.05) is 11.1 Å². The maximum absolute atomic E-state index is 3.90. The molecule has 154 valence electrons. The molecular formula is C26H42Si2. The molecule has 1 aromatic carbocycles. The number of rotatable bonds is 3. The van der Waals surface area contributed by atoms with Crippen molar-refractivity contribution in [3.63, 3.8) is 0 Å². The number of hydrogen-bond donors (Lipinski definition) is 0. The second kappa shape index (κ2) is 9.06. The zero-order valence-corrected chi connectivity index (χ0v) is 22.5. The molecule has 0 aromatic heterocycles. The molecular weight excluding hydrogens is 368 g/mol. The summed E-state index contributed by atoms with van der Waals surface area (Å²) in [5.41, 5.74) is 13.0. The van der Waals surface area contributed by atoms with Crippen molar-refractivity contribution in [3.05, 3.63) is 34.9 Å². The highest BCUT2D eigenvalue weighted by molar-refractivity contribution is 6.90. The molecule has 1 aromatic rings. The minimum atomic E-state index is -1.76. The standard InChI is InChI=1S/C26H42Si2/c1-20(2)28(21(3)4,22(5)6)18-16-24-19-25(26(7,8)9)14-13-23(24)15-17-27(10,11)12/h13-14,19-22H,1-12H3. The average Bonchev–Trinajstić information content (AvgIpc) is 2.51. The van der Waals surface area contributed by atoms with Gasteiger partial charge in [-0.15, -0.1) is 11.1 Å². The summed E-state index contributed by atoms with van der Waals surface area (Å²) < 4.78 is 0. The van der Waals surface area contributed by atoms with E-state index in [-0.39, 0.29) is 5.41 Å². The molecule has 0 aliphatic carbocycles. The molecule has 0 atom stereocenters. The van der Waals surface area contributed by atoms with E-state index in [1.54, 1.807) is 0 Å². The Bertz CT molecular complexity index is 770. The molecule has 0 bridgehead atoms. The molecule has 0 fully saturated rings. The molecule has 0 radical (unpaired) electrons. The fourth-order valence-electron chi connectivity index (χ4n) is 4.09. The Hall–Kier alpha value is -1.23. The minimum Gasteiger partial charge on any atom is -0.127 e. The normalized spacial score (nSPS) is 12.7. The van der Waals surface area contributed by atoms with Gasteiger partial charge in [-0.3, -0.25) is 0 Å². The largest absolute Gasteiger partial charge is 0.146 e. The van der Waals surface area contributed by atoms with Crippen molar-refractivity contribution < 1.29 is 0 Å². The van der Waals surface area contributed by atoms with E-state index in [9.17, 15) is 0 Å². The summed E-state index contributed by atoms with van der Waals surface area (Å²) in [4.78, 5) is 0. The molecule has 2 heteroatoms. The van der Waals surface area contributed by atoms with Crippen molar-refractivity contribution >= 4 is 16.1 Å². The van der Waals surface area contributed by atoms with Gasteiger partial charge in [-0.25, -0.2) is 0 Å². The molecule has 0 saturated heterocycles. The molecule has 28 heavy (non-hydrogen) atoms. The first-order valence-corrected chi connectivity index (χ1v) is 16.6. The van der Waals surface area contributed by atoms with E-state index in [1.807, 2.05) is 0 Å². The Morgan fingerprint density at radius 2 is 1.18 bits per heavy atom. The fourth-order valence-corrected chi connectivity index (χ4v) is 9.81. The number of benzene rings is 1. The van der Waals surface area contributed by atoms with Crippen LogP contribution in [0.25, 0.3) is 0 Å². The first-order chi connectivity index (χ1) is 12.6. The highest BCUT2D eigenvalue weighted by atomic mass is 28.3. The molecule has 0 saturated carbocycles. The van der Waals surface area contributed by atoms with E-state index >= 15 is 0 Å². The highest BCUT2D eigenvalue weighted by Crippen LogP contribution is 2.40. The van der Waals surface area contributed by atoms with Crippen LogP contribution in [0, 0.1) is 22.9 Å². The Balaban J connectivity index is 3.69. The van der Waals surface area contributed by atoms with Crippen LogP contribution in [0.2, 0.25) is 36.3 Å². The van der Waals surface area contributed by atoms with Gasteiger partial charge < -0.3 is 0 Å². The lowest BCUT2D eigenvalue weighted by Crippen LogP contribution is -2.43. The van der Waals surface area contributed by atoms with Crippen LogP contribution < -0.4 is 0 Å². The lowest BCUT2D eigenvalue weighted by Gasteiger charge is -2.38. The summed E-state index contributed by atoms with van der Waals surface area (Å²) in [5.74, 6) is 7.15. The second-order valence-electron chi connectivity index (χ2n) is 11.2. The summed E-state index contributed by atoms with van der Waals surface area (Å²) in [6.07, 6.45) is 0. The van der Waals surface area contributed by atoms with Crippen molar-refractivity contribution in [2.45, 2.75) is 104 Å². The van der Waals surface area contributed by atoms with Gasteiger partial charge in [-0.2, -0.15) is 0 Å². The van der Waals surface area contributed by atoms with E-state index in [1.165, 1.54) is 5.56 Å². The summed E-state index contributed by atoms with van der Waals surface area (Å²) in [5, 5.41) is 0. The summed E-state index contributed by atoms with van der Waals surface area (Å²) >= 11 is 0. The molecule has 0 aliphatic heterocycles. The first kappa shape index (κ1) is 24.8. The van der Waals surface area contributed by atoms with Crippen molar-refractivity contribution in [1.29, 1.82) is 0 Å². The second-order valence-corrected chi connectivity index (χ2v) is 21.5. The molecule has 1 rings (SSSR count). The van der Waals surface area contributed by atoms with E-state index in [0.717, 1.165) is 11.1 Å². The van der Waals surface area contributed by atoms with Crippen molar-refractivity contribution in [1.82, 2.24) is 0 Å². The fraction of sp³-hybridized carbons (Fsp3) is 0.615. The molecule has 0 unspecified atom stereocenters. The lowest BCUT2D eigenvalue weighted by molar-refractivity contribution is 0.590. The third kappa shape index (κ3) is 6.13. The third-order valence-electron chi connectivity index (χ3n) is 5.74. The van der Waals surface area contributed by atoms with Crippen LogP contribution in [0.15, 0.2) is 18.2 Å². The molecule has 0 aliphatic rings. The Kier molecular flexibility index (Phi) is 8.03. The zero-order valence-electron chi connectivity index (χ0n) is 20.5. The average molecular weight is 411 g/mol. The van der Waals surface area contributed by atoms with Gasteiger partial charge in [0.2, 0.25) is 0 Å². The van der Waals surface area contributed by atoms with Crippen LogP contribution in [0.1, 0.15) is 79.0 Å². The predicted molar refractivity (Wildman–Crippen MR) is 133 cm³/mol. The molecule has 0 N–H and O–H groups in total. The highest BCUT2D eigenvalue weighted by Gasteiger charge is 2.41. The molecule has 0 nitrogen and oxygen atoms in total. The van der Waals surface area contributed by atoms with E-state index in [0.29, 0.717) is 16.6 Å². The zero-order chi connectivity index (χ0) is 21.9. The van der Waals surface area contributed by atoms with E-state index in [2.05, 4.69) is 123 Å².